The highest BCUT2D eigenvalue weighted by Crippen LogP contribution is 2.34. The van der Waals surface area contributed by atoms with Crippen LogP contribution in [0.15, 0.2) is 22.8 Å². The summed E-state index contributed by atoms with van der Waals surface area (Å²) in [5, 5.41) is 10.5. The zero-order valence-corrected chi connectivity index (χ0v) is 15.9. The number of carbonyl (C=O) groups is 1. The molecule has 7 heteroatoms. The smallest absolute Gasteiger partial charge is 0.225 e. The average molecular weight is 361 g/mol. The molecular formula is C19H27N3O4. The van der Waals surface area contributed by atoms with Gasteiger partial charge >= 0.3 is 0 Å². The number of anilines is 1. The lowest BCUT2D eigenvalue weighted by Gasteiger charge is -2.13. The van der Waals surface area contributed by atoms with Gasteiger partial charge in [-0.25, -0.2) is 4.63 Å². The Labute approximate surface area is 154 Å². The number of nitrogens with zero attached hydrogens (tertiary/aromatic N) is 2. The first-order chi connectivity index (χ1) is 12.5. The second kappa shape index (κ2) is 9.79. The molecule has 0 aliphatic heterocycles. The van der Waals surface area contributed by atoms with Gasteiger partial charge in [-0.3, -0.25) is 4.79 Å². The third-order valence-corrected chi connectivity index (χ3v) is 3.48. The molecular weight excluding hydrogens is 334 g/mol. The van der Waals surface area contributed by atoms with Crippen LogP contribution in [0.2, 0.25) is 0 Å². The molecule has 7 nitrogen and oxygen atoms in total. The van der Waals surface area contributed by atoms with Crippen LogP contribution in [0, 0.1) is 5.92 Å². The molecule has 0 bridgehead atoms. The average Bonchev–Trinajstić information content (AvgIpc) is 3.05. The molecule has 0 saturated carbocycles. The molecule has 1 heterocycles. The minimum Gasteiger partial charge on any atom is -0.490 e. The summed E-state index contributed by atoms with van der Waals surface area (Å²) in [5.74, 6) is 1.76. The van der Waals surface area contributed by atoms with Crippen LogP contribution >= 0.6 is 0 Å². The molecule has 2 rings (SSSR count). The first-order valence-electron chi connectivity index (χ1n) is 9.07. The van der Waals surface area contributed by atoms with Gasteiger partial charge in [-0.05, 0) is 47.3 Å². The Morgan fingerprint density at radius 1 is 1.12 bits per heavy atom. The number of benzene rings is 1. The Bertz CT molecular complexity index is 713. The number of nitrogens with one attached hydrogen (secondary N) is 1. The fourth-order valence-corrected chi connectivity index (χ4v) is 2.33. The number of rotatable bonds is 10. The molecule has 0 saturated heterocycles. The lowest BCUT2D eigenvalue weighted by Crippen LogP contribution is -2.14. The highest BCUT2D eigenvalue weighted by Gasteiger charge is 2.18. The zero-order valence-electron chi connectivity index (χ0n) is 15.9. The molecule has 1 N–H and O–H groups in total. The topological polar surface area (TPSA) is 86.5 Å². The van der Waals surface area contributed by atoms with Crippen molar-refractivity contribution in [2.75, 3.05) is 18.5 Å². The van der Waals surface area contributed by atoms with Crippen LogP contribution in [-0.4, -0.2) is 29.4 Å². The van der Waals surface area contributed by atoms with Crippen molar-refractivity contribution in [1.29, 1.82) is 0 Å². The number of carbonyl (C=O) groups excluding carboxylic acids is 1. The van der Waals surface area contributed by atoms with Crippen molar-refractivity contribution < 1.29 is 18.9 Å². The van der Waals surface area contributed by atoms with Crippen molar-refractivity contribution >= 4 is 11.7 Å². The van der Waals surface area contributed by atoms with E-state index in [1.165, 1.54) is 0 Å². The zero-order chi connectivity index (χ0) is 18.9. The Kier molecular flexibility index (Phi) is 7.44. The van der Waals surface area contributed by atoms with Crippen molar-refractivity contribution in [3.8, 4) is 22.8 Å². The van der Waals surface area contributed by atoms with Gasteiger partial charge in [-0.1, -0.05) is 27.7 Å². The summed E-state index contributed by atoms with van der Waals surface area (Å²) < 4.78 is 16.4. The Morgan fingerprint density at radius 3 is 2.46 bits per heavy atom. The maximum atomic E-state index is 12.0. The molecule has 26 heavy (non-hydrogen) atoms. The van der Waals surface area contributed by atoms with Gasteiger partial charge in [0, 0.05) is 12.0 Å². The largest absolute Gasteiger partial charge is 0.490 e. The molecule has 0 fully saturated rings. The van der Waals surface area contributed by atoms with Crippen molar-refractivity contribution in [2.24, 2.45) is 5.92 Å². The molecule has 1 amide bonds. The van der Waals surface area contributed by atoms with Crippen LogP contribution in [0.25, 0.3) is 11.3 Å². The molecule has 142 valence electrons. The van der Waals surface area contributed by atoms with E-state index in [-0.39, 0.29) is 11.8 Å². The highest BCUT2D eigenvalue weighted by molar-refractivity contribution is 5.93. The van der Waals surface area contributed by atoms with E-state index in [4.69, 9.17) is 14.1 Å². The summed E-state index contributed by atoms with van der Waals surface area (Å²) in [6.45, 7) is 9.25. The number of ether oxygens (including phenoxy) is 2. The van der Waals surface area contributed by atoms with E-state index >= 15 is 0 Å². The minimum atomic E-state index is -0.123. The summed E-state index contributed by atoms with van der Waals surface area (Å²) in [4.78, 5) is 12.0. The Hall–Kier alpha value is -2.57. The van der Waals surface area contributed by atoms with E-state index in [1.807, 2.05) is 45.9 Å². The summed E-state index contributed by atoms with van der Waals surface area (Å²) in [7, 11) is 0. The van der Waals surface area contributed by atoms with Crippen LogP contribution in [0.1, 0.15) is 47.0 Å². The molecule has 1 aromatic heterocycles. The molecule has 1 aromatic carbocycles. The third kappa shape index (κ3) is 5.47. The van der Waals surface area contributed by atoms with E-state index in [0.29, 0.717) is 42.6 Å². The first-order valence-corrected chi connectivity index (χ1v) is 9.07. The SMILES string of the molecule is CCCOc1ccc(-c2nonc2NC(=O)CC(C)C)cc1OCCC. The minimum absolute atomic E-state index is 0.123. The summed E-state index contributed by atoms with van der Waals surface area (Å²) >= 11 is 0. The lowest BCUT2D eigenvalue weighted by molar-refractivity contribution is -0.116. The predicted molar refractivity (Wildman–Crippen MR) is 99.4 cm³/mol. The predicted octanol–water partition coefficient (Wildman–Crippen LogP) is 4.30. The second-order valence-corrected chi connectivity index (χ2v) is 6.47. The maximum absolute atomic E-state index is 12.0. The summed E-state index contributed by atoms with van der Waals surface area (Å²) in [6, 6.07) is 5.52. The Morgan fingerprint density at radius 2 is 1.81 bits per heavy atom. The van der Waals surface area contributed by atoms with Gasteiger partial charge < -0.3 is 14.8 Å². The van der Waals surface area contributed by atoms with Crippen molar-refractivity contribution in [1.82, 2.24) is 10.3 Å². The molecule has 0 unspecified atom stereocenters. The first kappa shape index (κ1) is 19.8. The van der Waals surface area contributed by atoms with E-state index in [0.717, 1.165) is 18.4 Å². The number of hydrogen-bond acceptors (Lipinski definition) is 6. The van der Waals surface area contributed by atoms with E-state index < -0.39 is 0 Å². The van der Waals surface area contributed by atoms with Gasteiger partial charge in [0.25, 0.3) is 0 Å². The van der Waals surface area contributed by atoms with E-state index in [2.05, 4.69) is 15.6 Å². The summed E-state index contributed by atoms with van der Waals surface area (Å²) in [5.41, 5.74) is 1.20. The number of amides is 1. The van der Waals surface area contributed by atoms with Crippen molar-refractivity contribution in [3.05, 3.63) is 18.2 Å². The highest BCUT2D eigenvalue weighted by atomic mass is 16.6. The molecule has 2 aromatic rings. The lowest BCUT2D eigenvalue weighted by atomic mass is 10.1. The van der Waals surface area contributed by atoms with Gasteiger partial charge in [-0.2, -0.15) is 0 Å². The van der Waals surface area contributed by atoms with Gasteiger partial charge in [0.15, 0.2) is 17.2 Å². The van der Waals surface area contributed by atoms with Crippen LogP contribution in [0.3, 0.4) is 0 Å². The standard InChI is InChI=1S/C19H27N3O4/c1-5-9-24-15-8-7-14(12-16(15)25-10-6-2)18-19(22-26-21-18)20-17(23)11-13(3)4/h7-8,12-13H,5-6,9-11H2,1-4H3,(H,20,22,23). The fraction of sp³-hybridized carbons (Fsp3) is 0.526. The molecule has 0 aliphatic carbocycles. The number of hydrogen-bond donors (Lipinski definition) is 1. The molecule has 0 atom stereocenters. The van der Waals surface area contributed by atoms with Gasteiger partial charge in [0.05, 0.1) is 13.2 Å². The fourth-order valence-electron chi connectivity index (χ4n) is 2.33. The Balaban J connectivity index is 2.25. The van der Waals surface area contributed by atoms with Crippen molar-refractivity contribution in [3.63, 3.8) is 0 Å². The van der Waals surface area contributed by atoms with Gasteiger partial charge in [-0.15, -0.1) is 0 Å². The van der Waals surface area contributed by atoms with E-state index in [1.54, 1.807) is 0 Å². The summed E-state index contributed by atoms with van der Waals surface area (Å²) in [6.07, 6.45) is 2.20. The van der Waals surface area contributed by atoms with Crippen LogP contribution in [0.4, 0.5) is 5.82 Å². The van der Waals surface area contributed by atoms with Crippen LogP contribution in [0.5, 0.6) is 11.5 Å². The third-order valence-electron chi connectivity index (χ3n) is 3.48. The number of aromatic nitrogens is 2. The quantitative estimate of drug-likeness (QED) is 0.679. The monoisotopic (exact) mass is 361 g/mol. The van der Waals surface area contributed by atoms with Gasteiger partial charge in [0.2, 0.25) is 11.7 Å². The van der Waals surface area contributed by atoms with Crippen LogP contribution in [-0.2, 0) is 4.79 Å². The molecule has 0 spiro atoms. The van der Waals surface area contributed by atoms with Gasteiger partial charge in [0.1, 0.15) is 0 Å². The van der Waals surface area contributed by atoms with E-state index in [9.17, 15) is 4.79 Å². The maximum Gasteiger partial charge on any atom is 0.225 e. The van der Waals surface area contributed by atoms with Crippen molar-refractivity contribution in [2.45, 2.75) is 47.0 Å². The second-order valence-electron chi connectivity index (χ2n) is 6.47. The molecule has 0 radical (unpaired) electrons. The molecule has 0 aliphatic rings. The van der Waals surface area contributed by atoms with Crippen LogP contribution < -0.4 is 14.8 Å². The normalized spacial score (nSPS) is 10.8.